The minimum Gasteiger partial charge on any atom is -0.380 e. The maximum absolute atomic E-state index is 13.5. The van der Waals surface area contributed by atoms with Crippen LogP contribution in [0.1, 0.15) is 12.5 Å². The van der Waals surface area contributed by atoms with Gasteiger partial charge in [-0.05, 0) is 35.0 Å². The number of benzene rings is 1. The average molecular weight is 294 g/mol. The third kappa shape index (κ3) is 3.81. The molecule has 0 aliphatic heterocycles. The Kier molecular flexibility index (Phi) is 5.87. The molecule has 5 heteroatoms. The highest BCUT2D eigenvalue weighted by atomic mass is 79.9. The Morgan fingerprint density at radius 3 is 2.81 bits per heavy atom. The number of ether oxygens (including phenoxy) is 1. The highest BCUT2D eigenvalue weighted by Gasteiger charge is 2.11. The van der Waals surface area contributed by atoms with Crippen LogP contribution in [0.4, 0.5) is 8.78 Å². The van der Waals surface area contributed by atoms with Gasteiger partial charge in [0.15, 0.2) is 0 Å². The molecule has 0 radical (unpaired) electrons. The van der Waals surface area contributed by atoms with Gasteiger partial charge in [-0.25, -0.2) is 8.78 Å². The van der Waals surface area contributed by atoms with Crippen molar-refractivity contribution in [1.29, 1.82) is 0 Å². The van der Waals surface area contributed by atoms with Crippen LogP contribution in [0.25, 0.3) is 0 Å². The summed E-state index contributed by atoms with van der Waals surface area (Å²) < 4.78 is 32.1. The van der Waals surface area contributed by atoms with E-state index in [1.54, 1.807) is 0 Å². The Bertz CT molecular complexity index is 347. The predicted octanol–water partition coefficient (Wildman–Crippen LogP) is 2.85. The van der Waals surface area contributed by atoms with E-state index in [9.17, 15) is 8.78 Å². The van der Waals surface area contributed by atoms with Gasteiger partial charge in [0.25, 0.3) is 0 Å². The van der Waals surface area contributed by atoms with Crippen LogP contribution >= 0.6 is 15.9 Å². The third-order valence-electron chi connectivity index (χ3n) is 2.07. The second kappa shape index (κ2) is 6.93. The molecule has 1 rings (SSSR count). The molecule has 2 nitrogen and oxygen atoms in total. The number of hydrogen-bond donors (Lipinski definition) is 1. The molecular formula is C11H14BrF2NO. The van der Waals surface area contributed by atoms with E-state index in [0.717, 1.165) is 0 Å². The van der Waals surface area contributed by atoms with Crippen molar-refractivity contribution in [1.82, 2.24) is 5.32 Å². The molecule has 0 heterocycles. The van der Waals surface area contributed by atoms with Gasteiger partial charge in [0.2, 0.25) is 0 Å². The highest BCUT2D eigenvalue weighted by Crippen LogP contribution is 2.21. The van der Waals surface area contributed by atoms with Gasteiger partial charge in [-0.3, -0.25) is 0 Å². The fourth-order valence-corrected chi connectivity index (χ4v) is 1.60. The van der Waals surface area contributed by atoms with Gasteiger partial charge in [0.05, 0.1) is 11.1 Å². The molecule has 90 valence electrons. The summed E-state index contributed by atoms with van der Waals surface area (Å²) in [6, 6.07) is 2.60. The maximum atomic E-state index is 13.5. The first-order valence-electron chi connectivity index (χ1n) is 5.07. The summed E-state index contributed by atoms with van der Waals surface area (Å²) in [6.07, 6.45) is 0. The first-order chi connectivity index (χ1) is 7.66. The summed E-state index contributed by atoms with van der Waals surface area (Å²) in [4.78, 5) is 0. The van der Waals surface area contributed by atoms with Gasteiger partial charge < -0.3 is 10.1 Å². The number of rotatable bonds is 6. The van der Waals surface area contributed by atoms with E-state index < -0.39 is 11.6 Å². The molecule has 16 heavy (non-hydrogen) atoms. The van der Waals surface area contributed by atoms with Crippen LogP contribution in [0.3, 0.4) is 0 Å². The number of hydrogen-bond acceptors (Lipinski definition) is 2. The molecule has 0 saturated carbocycles. The van der Waals surface area contributed by atoms with Crippen LogP contribution in [0.15, 0.2) is 16.6 Å². The van der Waals surface area contributed by atoms with E-state index >= 15 is 0 Å². The molecule has 1 aromatic rings. The van der Waals surface area contributed by atoms with Crippen molar-refractivity contribution in [2.45, 2.75) is 13.5 Å². The molecule has 0 saturated heterocycles. The SMILES string of the molecule is CCOCCNCc1c(F)ccc(Br)c1F. The summed E-state index contributed by atoms with van der Waals surface area (Å²) in [5.74, 6) is -1.09. The molecule has 1 N–H and O–H groups in total. The minimum absolute atomic E-state index is 0.0471. The van der Waals surface area contributed by atoms with Crippen molar-refractivity contribution in [3.05, 3.63) is 33.8 Å². The average Bonchev–Trinajstić information content (AvgIpc) is 2.28. The summed E-state index contributed by atoms with van der Waals surface area (Å²) in [5, 5.41) is 2.92. The predicted molar refractivity (Wildman–Crippen MR) is 62.3 cm³/mol. The first-order valence-corrected chi connectivity index (χ1v) is 5.87. The summed E-state index contributed by atoms with van der Waals surface area (Å²) in [5.41, 5.74) is 0.0471. The van der Waals surface area contributed by atoms with Crippen molar-refractivity contribution in [2.24, 2.45) is 0 Å². The highest BCUT2D eigenvalue weighted by molar-refractivity contribution is 9.10. The Morgan fingerprint density at radius 2 is 2.12 bits per heavy atom. The van der Waals surface area contributed by atoms with E-state index in [2.05, 4.69) is 21.2 Å². The lowest BCUT2D eigenvalue weighted by atomic mass is 10.2. The molecule has 0 fully saturated rings. The monoisotopic (exact) mass is 293 g/mol. The Labute approximate surface area is 102 Å². The molecule has 0 aliphatic rings. The van der Waals surface area contributed by atoms with Gasteiger partial charge in [-0.15, -0.1) is 0 Å². The normalized spacial score (nSPS) is 10.8. The van der Waals surface area contributed by atoms with Gasteiger partial charge in [0, 0.05) is 25.3 Å². The largest absolute Gasteiger partial charge is 0.380 e. The Morgan fingerprint density at radius 1 is 1.38 bits per heavy atom. The van der Waals surface area contributed by atoms with Gasteiger partial charge in [0.1, 0.15) is 11.6 Å². The molecule has 0 unspecified atom stereocenters. The summed E-state index contributed by atoms with van der Waals surface area (Å²) >= 11 is 3.02. The standard InChI is InChI=1S/C11H14BrF2NO/c1-2-16-6-5-15-7-8-10(13)4-3-9(12)11(8)14/h3-4,15H,2,5-7H2,1H3. The Hall–Kier alpha value is -0.520. The van der Waals surface area contributed by atoms with Crippen LogP contribution in [0, 0.1) is 11.6 Å². The lowest BCUT2D eigenvalue weighted by molar-refractivity contribution is 0.149. The molecule has 0 aromatic heterocycles. The second-order valence-corrected chi connectivity index (χ2v) is 4.05. The minimum atomic E-state index is -0.552. The summed E-state index contributed by atoms with van der Waals surface area (Å²) in [6.45, 7) is 3.80. The van der Waals surface area contributed by atoms with Crippen molar-refractivity contribution < 1.29 is 13.5 Å². The fourth-order valence-electron chi connectivity index (χ4n) is 1.23. The molecule has 0 atom stereocenters. The van der Waals surface area contributed by atoms with Crippen molar-refractivity contribution in [2.75, 3.05) is 19.8 Å². The van der Waals surface area contributed by atoms with Crippen molar-refractivity contribution >= 4 is 15.9 Å². The summed E-state index contributed by atoms with van der Waals surface area (Å²) in [7, 11) is 0. The van der Waals surface area contributed by atoms with E-state index in [4.69, 9.17) is 4.74 Å². The molecule has 0 aliphatic carbocycles. The third-order valence-corrected chi connectivity index (χ3v) is 2.68. The number of nitrogens with one attached hydrogen (secondary N) is 1. The van der Waals surface area contributed by atoms with E-state index in [1.165, 1.54) is 12.1 Å². The van der Waals surface area contributed by atoms with Crippen molar-refractivity contribution in [3.8, 4) is 0 Å². The topological polar surface area (TPSA) is 21.3 Å². The van der Waals surface area contributed by atoms with Gasteiger partial charge in [-0.2, -0.15) is 0 Å². The van der Waals surface area contributed by atoms with Crippen molar-refractivity contribution in [3.63, 3.8) is 0 Å². The van der Waals surface area contributed by atoms with Gasteiger partial charge in [-0.1, -0.05) is 0 Å². The van der Waals surface area contributed by atoms with Crippen LogP contribution in [-0.2, 0) is 11.3 Å². The van der Waals surface area contributed by atoms with Crippen LogP contribution in [0.5, 0.6) is 0 Å². The smallest absolute Gasteiger partial charge is 0.144 e. The van der Waals surface area contributed by atoms with E-state index in [-0.39, 0.29) is 16.6 Å². The maximum Gasteiger partial charge on any atom is 0.144 e. The van der Waals surface area contributed by atoms with E-state index in [1.807, 2.05) is 6.92 Å². The molecule has 0 bridgehead atoms. The van der Waals surface area contributed by atoms with E-state index in [0.29, 0.717) is 19.8 Å². The zero-order valence-electron chi connectivity index (χ0n) is 9.03. The second-order valence-electron chi connectivity index (χ2n) is 3.20. The number of halogens is 3. The van der Waals surface area contributed by atoms with Crippen LogP contribution in [-0.4, -0.2) is 19.8 Å². The molecule has 1 aromatic carbocycles. The fraction of sp³-hybridized carbons (Fsp3) is 0.455. The van der Waals surface area contributed by atoms with Crippen LogP contribution < -0.4 is 5.32 Å². The lowest BCUT2D eigenvalue weighted by Gasteiger charge is -2.08. The first kappa shape index (κ1) is 13.5. The quantitative estimate of drug-likeness (QED) is 0.643. The zero-order chi connectivity index (χ0) is 12.0. The Balaban J connectivity index is 2.50. The molecule has 0 amide bonds. The van der Waals surface area contributed by atoms with Crippen LogP contribution in [0.2, 0.25) is 0 Å². The lowest BCUT2D eigenvalue weighted by Crippen LogP contribution is -2.20. The zero-order valence-corrected chi connectivity index (χ0v) is 10.6. The molecule has 0 spiro atoms. The molecular weight excluding hydrogens is 280 g/mol. The van der Waals surface area contributed by atoms with Gasteiger partial charge >= 0.3 is 0 Å².